The number of aliphatic hydroxyl groups is 1. The van der Waals surface area contributed by atoms with Gasteiger partial charge in [-0.05, 0) is 6.08 Å². The minimum absolute atomic E-state index is 0.269. The summed E-state index contributed by atoms with van der Waals surface area (Å²) < 4.78 is 0. The van der Waals surface area contributed by atoms with E-state index in [0.717, 1.165) is 0 Å². The topological polar surface area (TPSA) is 49.3 Å². The number of carbonyl (C=O) groups is 1. The molecule has 0 rings (SSSR count). The van der Waals surface area contributed by atoms with Crippen molar-refractivity contribution in [2.45, 2.75) is 11.1 Å². The number of alkyl halides is 2. The lowest BCUT2D eigenvalue weighted by molar-refractivity contribution is -0.122. The van der Waals surface area contributed by atoms with Gasteiger partial charge in [0.2, 0.25) is 5.91 Å². The molecule has 0 heterocycles. The van der Waals surface area contributed by atoms with Crippen molar-refractivity contribution in [1.29, 1.82) is 0 Å². The third-order valence-corrected chi connectivity index (χ3v) is 3.19. The lowest BCUT2D eigenvalue weighted by atomic mass is 10.4. The molecule has 2 N–H and O–H groups in total. The zero-order valence-electron chi connectivity index (χ0n) is 5.76. The first-order chi connectivity index (χ1) is 5.11. The average Bonchev–Trinajstić information content (AvgIpc) is 2.02. The highest BCUT2D eigenvalue weighted by molar-refractivity contribution is 9.12. The maximum Gasteiger partial charge on any atom is 0.236 e. The zero-order chi connectivity index (χ0) is 8.85. The Morgan fingerprint density at radius 1 is 1.82 bits per heavy atom. The van der Waals surface area contributed by atoms with E-state index in [-0.39, 0.29) is 10.7 Å². The van der Waals surface area contributed by atoms with E-state index in [4.69, 9.17) is 5.11 Å². The van der Waals surface area contributed by atoms with Crippen LogP contribution < -0.4 is 5.32 Å². The first kappa shape index (κ1) is 11.1. The Labute approximate surface area is 82.1 Å². The van der Waals surface area contributed by atoms with Gasteiger partial charge < -0.3 is 10.4 Å². The van der Waals surface area contributed by atoms with Gasteiger partial charge in [-0.3, -0.25) is 4.79 Å². The molecule has 0 aromatic carbocycles. The summed E-state index contributed by atoms with van der Waals surface area (Å²) in [5.41, 5.74) is 0. The molecule has 2 atom stereocenters. The first-order valence-corrected chi connectivity index (χ1v) is 4.96. The average molecular weight is 287 g/mol. The van der Waals surface area contributed by atoms with E-state index in [1.807, 2.05) is 0 Å². The predicted octanol–water partition coefficient (Wildman–Crippen LogP) is 0.765. The van der Waals surface area contributed by atoms with E-state index in [9.17, 15) is 4.79 Å². The quantitative estimate of drug-likeness (QED) is 0.456. The fourth-order valence-corrected chi connectivity index (χ4v) is 0.791. The molecule has 3 nitrogen and oxygen atoms in total. The van der Waals surface area contributed by atoms with E-state index in [2.05, 4.69) is 43.8 Å². The third-order valence-electron chi connectivity index (χ3n) is 0.933. The number of aliphatic hydroxyl groups excluding tert-OH is 1. The van der Waals surface area contributed by atoms with Gasteiger partial charge in [0.1, 0.15) is 11.1 Å². The molecule has 0 saturated carbocycles. The van der Waals surface area contributed by atoms with Crippen molar-refractivity contribution in [3.63, 3.8) is 0 Å². The van der Waals surface area contributed by atoms with Crippen molar-refractivity contribution >= 4 is 37.8 Å². The zero-order valence-corrected chi connectivity index (χ0v) is 8.93. The van der Waals surface area contributed by atoms with Crippen LogP contribution in [0.1, 0.15) is 0 Å². The minimum atomic E-state index is -0.971. The maximum absolute atomic E-state index is 10.9. The fraction of sp³-hybridized carbons (Fsp3) is 0.500. The summed E-state index contributed by atoms with van der Waals surface area (Å²) in [4.78, 5) is 10.6. The number of hydrogen-bond acceptors (Lipinski definition) is 2. The van der Waals surface area contributed by atoms with Crippen molar-refractivity contribution in [3.8, 4) is 0 Å². The highest BCUT2D eigenvalue weighted by atomic mass is 79.9. The second-order valence-corrected chi connectivity index (χ2v) is 3.56. The number of nitrogens with one attached hydrogen (secondary N) is 1. The SMILES string of the molecule is C=CC(O)NC(=O)C(Br)CBr. The smallest absolute Gasteiger partial charge is 0.236 e. The van der Waals surface area contributed by atoms with E-state index >= 15 is 0 Å². The van der Waals surface area contributed by atoms with Crippen LogP contribution in [0.5, 0.6) is 0 Å². The Bertz CT molecular complexity index is 152. The fourth-order valence-electron chi connectivity index (χ4n) is 0.365. The summed E-state index contributed by atoms with van der Waals surface area (Å²) in [7, 11) is 0. The van der Waals surface area contributed by atoms with Gasteiger partial charge in [-0.1, -0.05) is 38.4 Å². The minimum Gasteiger partial charge on any atom is -0.370 e. The highest BCUT2D eigenvalue weighted by Crippen LogP contribution is 2.03. The second kappa shape index (κ2) is 5.74. The second-order valence-electron chi connectivity index (χ2n) is 1.81. The van der Waals surface area contributed by atoms with Crippen molar-refractivity contribution in [2.24, 2.45) is 0 Å². The Balaban J connectivity index is 3.76. The molecule has 0 aromatic rings. The molecule has 0 aromatic heterocycles. The summed E-state index contributed by atoms with van der Waals surface area (Å²) in [6.07, 6.45) is 0.271. The van der Waals surface area contributed by atoms with Crippen molar-refractivity contribution < 1.29 is 9.90 Å². The summed E-state index contributed by atoms with van der Waals surface area (Å²) >= 11 is 6.21. The molecule has 0 spiro atoms. The van der Waals surface area contributed by atoms with Gasteiger partial charge in [0.15, 0.2) is 0 Å². The van der Waals surface area contributed by atoms with Gasteiger partial charge in [-0.2, -0.15) is 0 Å². The Morgan fingerprint density at radius 2 is 2.36 bits per heavy atom. The number of halogens is 2. The van der Waals surface area contributed by atoms with Gasteiger partial charge in [0, 0.05) is 5.33 Å². The summed E-state index contributed by atoms with van der Waals surface area (Å²) in [5, 5.41) is 11.7. The normalized spacial score (nSPS) is 15.2. The molecule has 0 aliphatic carbocycles. The van der Waals surface area contributed by atoms with E-state index in [1.54, 1.807) is 0 Å². The van der Waals surface area contributed by atoms with Gasteiger partial charge in [0.25, 0.3) is 0 Å². The van der Waals surface area contributed by atoms with Gasteiger partial charge in [-0.15, -0.1) is 0 Å². The molecular formula is C6H9Br2NO2. The maximum atomic E-state index is 10.9. The first-order valence-electron chi connectivity index (χ1n) is 2.92. The Morgan fingerprint density at radius 3 is 2.73 bits per heavy atom. The molecule has 0 bridgehead atoms. The molecule has 5 heteroatoms. The van der Waals surface area contributed by atoms with Gasteiger partial charge >= 0.3 is 0 Å². The van der Waals surface area contributed by atoms with Crippen molar-refractivity contribution in [2.75, 3.05) is 5.33 Å². The number of hydrogen-bond donors (Lipinski definition) is 2. The Hall–Kier alpha value is 0.130. The van der Waals surface area contributed by atoms with E-state index in [0.29, 0.717) is 5.33 Å². The van der Waals surface area contributed by atoms with Crippen molar-refractivity contribution in [1.82, 2.24) is 5.32 Å². The lowest BCUT2D eigenvalue weighted by Crippen LogP contribution is -2.38. The summed E-state index contributed by atoms with van der Waals surface area (Å²) in [6.45, 7) is 3.31. The molecule has 0 aliphatic rings. The largest absolute Gasteiger partial charge is 0.370 e. The van der Waals surface area contributed by atoms with Crippen LogP contribution in [0.25, 0.3) is 0 Å². The van der Waals surface area contributed by atoms with Crippen LogP contribution in [0.2, 0.25) is 0 Å². The summed E-state index contributed by atoms with van der Waals surface area (Å²) in [5.74, 6) is -0.269. The molecule has 11 heavy (non-hydrogen) atoms. The van der Waals surface area contributed by atoms with Gasteiger partial charge in [-0.25, -0.2) is 0 Å². The monoisotopic (exact) mass is 285 g/mol. The van der Waals surface area contributed by atoms with Crippen LogP contribution in [0, 0.1) is 0 Å². The van der Waals surface area contributed by atoms with Crippen LogP contribution in [0.15, 0.2) is 12.7 Å². The van der Waals surface area contributed by atoms with Crippen molar-refractivity contribution in [3.05, 3.63) is 12.7 Å². The van der Waals surface area contributed by atoms with Crippen LogP contribution in [0.4, 0.5) is 0 Å². The Kier molecular flexibility index (Phi) is 5.81. The van der Waals surface area contributed by atoms with Crippen LogP contribution in [0.3, 0.4) is 0 Å². The number of amides is 1. The third kappa shape index (κ3) is 4.55. The molecule has 2 unspecified atom stereocenters. The molecule has 0 radical (unpaired) electrons. The van der Waals surface area contributed by atoms with E-state index in [1.165, 1.54) is 6.08 Å². The molecular weight excluding hydrogens is 278 g/mol. The molecule has 1 amide bonds. The lowest BCUT2D eigenvalue weighted by Gasteiger charge is -2.10. The molecule has 0 fully saturated rings. The van der Waals surface area contributed by atoms with Crippen LogP contribution >= 0.6 is 31.9 Å². The number of carbonyl (C=O) groups excluding carboxylic acids is 1. The standard InChI is InChI=1S/C6H9Br2NO2/c1-2-5(10)9-6(11)4(8)3-7/h2,4-5,10H,1,3H2,(H,9,11). The number of rotatable bonds is 4. The summed E-state index contributed by atoms with van der Waals surface area (Å²) in [6, 6.07) is 0. The van der Waals surface area contributed by atoms with Crippen LogP contribution in [-0.2, 0) is 4.79 Å². The molecule has 0 saturated heterocycles. The molecule has 64 valence electrons. The van der Waals surface area contributed by atoms with Gasteiger partial charge in [0.05, 0.1) is 0 Å². The molecule has 0 aliphatic heterocycles. The van der Waals surface area contributed by atoms with E-state index < -0.39 is 6.23 Å². The van der Waals surface area contributed by atoms with Crippen LogP contribution in [-0.4, -0.2) is 27.4 Å². The predicted molar refractivity (Wildman–Crippen MR) is 50.9 cm³/mol. The highest BCUT2D eigenvalue weighted by Gasteiger charge is 2.14.